The Morgan fingerprint density at radius 3 is 2.82 bits per heavy atom. The maximum absolute atomic E-state index is 11.9. The molecule has 0 fully saturated rings. The molecule has 7 heteroatoms. The fourth-order valence-electron chi connectivity index (χ4n) is 1.84. The first-order valence-electron chi connectivity index (χ1n) is 6.12. The Balaban J connectivity index is 2.00. The van der Waals surface area contributed by atoms with E-state index >= 15 is 0 Å². The summed E-state index contributed by atoms with van der Waals surface area (Å²) < 4.78 is 5.93. The van der Waals surface area contributed by atoms with Gasteiger partial charge >= 0.3 is 5.97 Å². The molecule has 0 saturated carbocycles. The zero-order valence-electron chi connectivity index (χ0n) is 10.9. The second-order valence-corrected chi connectivity index (χ2v) is 6.07. The molecule has 0 spiro atoms. The lowest BCUT2D eigenvalue weighted by Crippen LogP contribution is -2.05. The van der Waals surface area contributed by atoms with Crippen LogP contribution in [0, 0.1) is 0 Å². The van der Waals surface area contributed by atoms with E-state index in [9.17, 15) is 4.79 Å². The van der Waals surface area contributed by atoms with Gasteiger partial charge in [-0.2, -0.15) is 0 Å². The molecular formula is C15H7BrCl2N2O2. The lowest BCUT2D eigenvalue weighted by molar-refractivity contribution is -0.129. The highest BCUT2D eigenvalue weighted by molar-refractivity contribution is 9.10. The molecule has 0 unspecified atom stereocenters. The molecule has 0 radical (unpaired) electrons. The predicted octanol–water partition coefficient (Wildman–Crippen LogP) is 4.50. The van der Waals surface area contributed by atoms with E-state index in [1.807, 2.05) is 0 Å². The minimum atomic E-state index is -0.550. The van der Waals surface area contributed by atoms with Crippen molar-refractivity contribution in [3.05, 3.63) is 68.0 Å². The summed E-state index contributed by atoms with van der Waals surface area (Å²) in [5.74, 6) is -0.353. The third kappa shape index (κ3) is 3.06. The summed E-state index contributed by atoms with van der Waals surface area (Å²) in [6.07, 6.45) is 4.73. The highest BCUT2D eigenvalue weighted by Gasteiger charge is 2.24. The Hall–Kier alpha value is -1.69. The van der Waals surface area contributed by atoms with Crippen molar-refractivity contribution in [3.8, 4) is 0 Å². The monoisotopic (exact) mass is 396 g/mol. The normalized spacial score (nSPS) is 15.9. The lowest BCUT2D eigenvalue weighted by Gasteiger charge is -2.00. The molecule has 2 heterocycles. The zero-order chi connectivity index (χ0) is 15.7. The average molecular weight is 398 g/mol. The fourth-order valence-corrected chi connectivity index (χ4v) is 2.57. The van der Waals surface area contributed by atoms with Gasteiger partial charge in [-0.15, -0.1) is 0 Å². The first kappa shape index (κ1) is 15.2. The summed E-state index contributed by atoms with van der Waals surface area (Å²) >= 11 is 15.4. The number of hydrogen-bond acceptors (Lipinski definition) is 4. The molecular weight excluding hydrogens is 391 g/mol. The van der Waals surface area contributed by atoms with Crippen LogP contribution in [0.25, 0.3) is 6.08 Å². The van der Waals surface area contributed by atoms with Crippen LogP contribution in [-0.4, -0.2) is 16.9 Å². The lowest BCUT2D eigenvalue weighted by atomic mass is 10.2. The number of benzene rings is 1. The van der Waals surface area contributed by atoms with E-state index in [2.05, 4.69) is 25.9 Å². The topological polar surface area (TPSA) is 51.5 Å². The summed E-state index contributed by atoms with van der Waals surface area (Å²) in [4.78, 5) is 20.1. The molecule has 1 aliphatic rings. The second kappa shape index (κ2) is 6.20. The van der Waals surface area contributed by atoms with Gasteiger partial charge < -0.3 is 4.74 Å². The minimum Gasteiger partial charge on any atom is -0.402 e. The first-order valence-corrected chi connectivity index (χ1v) is 7.67. The smallest absolute Gasteiger partial charge is 0.363 e. The third-order valence-corrected chi connectivity index (χ3v) is 4.11. The van der Waals surface area contributed by atoms with E-state index in [-0.39, 0.29) is 11.6 Å². The summed E-state index contributed by atoms with van der Waals surface area (Å²) in [5.41, 5.74) is 1.35. The molecule has 22 heavy (non-hydrogen) atoms. The number of aromatic nitrogens is 1. The van der Waals surface area contributed by atoms with Gasteiger partial charge in [-0.25, -0.2) is 9.79 Å². The van der Waals surface area contributed by atoms with E-state index in [4.69, 9.17) is 27.9 Å². The number of nitrogens with zero attached hydrogens (tertiary/aromatic N) is 2. The van der Waals surface area contributed by atoms with Crippen LogP contribution in [-0.2, 0) is 9.53 Å². The van der Waals surface area contributed by atoms with Crippen molar-refractivity contribution in [2.75, 3.05) is 0 Å². The molecule has 0 N–H and O–H groups in total. The molecule has 0 aliphatic carbocycles. The number of ether oxygens (including phenoxy) is 1. The van der Waals surface area contributed by atoms with Gasteiger partial charge in [0, 0.05) is 16.9 Å². The number of pyridine rings is 1. The van der Waals surface area contributed by atoms with E-state index in [1.54, 1.807) is 36.7 Å². The van der Waals surface area contributed by atoms with Crippen molar-refractivity contribution in [1.29, 1.82) is 0 Å². The number of rotatable bonds is 2. The zero-order valence-corrected chi connectivity index (χ0v) is 14.0. The standard InChI is InChI=1S/C15H7BrCl2N2O2/c16-10-4-9(6-19-7-10)14-20-12(15(21)22-14)5-8-2-1-3-11(17)13(8)18/h1-7H. The van der Waals surface area contributed by atoms with Crippen LogP contribution < -0.4 is 0 Å². The summed E-state index contributed by atoms with van der Waals surface area (Å²) in [7, 11) is 0. The van der Waals surface area contributed by atoms with Crippen LogP contribution in [0.15, 0.2) is 51.8 Å². The van der Waals surface area contributed by atoms with Crippen molar-refractivity contribution in [2.45, 2.75) is 0 Å². The Morgan fingerprint density at radius 1 is 1.23 bits per heavy atom. The molecule has 1 aliphatic heterocycles. The van der Waals surface area contributed by atoms with Crippen LogP contribution in [0.3, 0.4) is 0 Å². The number of carbonyl (C=O) groups excluding carboxylic acids is 1. The molecule has 1 aromatic carbocycles. The van der Waals surface area contributed by atoms with Gasteiger partial charge in [-0.05, 0) is 39.7 Å². The molecule has 4 nitrogen and oxygen atoms in total. The van der Waals surface area contributed by atoms with Crippen molar-refractivity contribution < 1.29 is 9.53 Å². The third-order valence-electron chi connectivity index (χ3n) is 2.85. The van der Waals surface area contributed by atoms with Crippen LogP contribution in [0.5, 0.6) is 0 Å². The van der Waals surface area contributed by atoms with Gasteiger partial charge in [0.25, 0.3) is 0 Å². The summed E-state index contributed by atoms with van der Waals surface area (Å²) in [6.45, 7) is 0. The van der Waals surface area contributed by atoms with Gasteiger partial charge in [0.2, 0.25) is 5.90 Å². The number of esters is 1. The Bertz CT molecular complexity index is 834. The van der Waals surface area contributed by atoms with Crippen LogP contribution in [0.4, 0.5) is 0 Å². The van der Waals surface area contributed by atoms with Crippen molar-refractivity contribution >= 4 is 57.1 Å². The van der Waals surface area contributed by atoms with Crippen LogP contribution >= 0.6 is 39.1 Å². The molecule has 110 valence electrons. The van der Waals surface area contributed by atoms with Crippen molar-refractivity contribution in [2.24, 2.45) is 4.99 Å². The van der Waals surface area contributed by atoms with E-state index < -0.39 is 5.97 Å². The predicted molar refractivity (Wildman–Crippen MR) is 89.0 cm³/mol. The number of halogens is 3. The number of hydrogen-bond donors (Lipinski definition) is 0. The largest absolute Gasteiger partial charge is 0.402 e. The van der Waals surface area contributed by atoms with E-state index in [1.165, 1.54) is 6.08 Å². The highest BCUT2D eigenvalue weighted by Crippen LogP contribution is 2.28. The molecule has 3 rings (SSSR count). The van der Waals surface area contributed by atoms with Gasteiger partial charge in [0.1, 0.15) is 0 Å². The average Bonchev–Trinajstić information content (AvgIpc) is 2.85. The van der Waals surface area contributed by atoms with Gasteiger partial charge in [0.15, 0.2) is 5.70 Å². The van der Waals surface area contributed by atoms with Crippen LogP contribution in [0.2, 0.25) is 10.0 Å². The first-order chi connectivity index (χ1) is 10.5. The summed E-state index contributed by atoms with van der Waals surface area (Å²) in [6, 6.07) is 6.90. The Morgan fingerprint density at radius 2 is 2.05 bits per heavy atom. The molecule has 0 bridgehead atoms. The number of carbonyl (C=O) groups is 1. The quantitative estimate of drug-likeness (QED) is 0.553. The Kier molecular flexibility index (Phi) is 4.29. The second-order valence-electron chi connectivity index (χ2n) is 4.37. The van der Waals surface area contributed by atoms with Gasteiger partial charge in [0.05, 0.1) is 15.6 Å². The molecule has 0 amide bonds. The fraction of sp³-hybridized carbons (Fsp3) is 0. The Labute approximate surface area is 144 Å². The van der Waals surface area contributed by atoms with Crippen molar-refractivity contribution in [1.82, 2.24) is 4.98 Å². The van der Waals surface area contributed by atoms with Gasteiger partial charge in [-0.1, -0.05) is 35.3 Å². The maximum atomic E-state index is 11.9. The van der Waals surface area contributed by atoms with Gasteiger partial charge in [-0.3, -0.25) is 4.98 Å². The highest BCUT2D eigenvalue weighted by atomic mass is 79.9. The molecule has 1 aromatic heterocycles. The number of aliphatic imine (C=N–C) groups is 1. The van der Waals surface area contributed by atoms with E-state index in [0.29, 0.717) is 21.2 Å². The molecule has 2 aromatic rings. The minimum absolute atomic E-state index is 0.152. The summed E-state index contributed by atoms with van der Waals surface area (Å²) in [5, 5.41) is 0.764. The van der Waals surface area contributed by atoms with E-state index in [0.717, 1.165) is 4.47 Å². The molecule has 0 atom stereocenters. The number of cyclic esters (lactones) is 1. The van der Waals surface area contributed by atoms with Crippen LogP contribution in [0.1, 0.15) is 11.1 Å². The molecule has 0 saturated heterocycles. The SMILES string of the molecule is O=C1OC(c2cncc(Br)c2)=NC1=Cc1cccc(Cl)c1Cl. The van der Waals surface area contributed by atoms with Crippen molar-refractivity contribution in [3.63, 3.8) is 0 Å². The maximum Gasteiger partial charge on any atom is 0.363 e.